The van der Waals surface area contributed by atoms with E-state index in [9.17, 15) is 0 Å². The zero-order valence-corrected chi connectivity index (χ0v) is 13.7. The maximum atomic E-state index is 5.38. The SMILES string of the molecule is CN=C(NCCc1cc(OC)ccc1OC)NCC(C)C. The van der Waals surface area contributed by atoms with Gasteiger partial charge in [0.15, 0.2) is 5.96 Å². The number of guanidine groups is 1. The van der Waals surface area contributed by atoms with E-state index in [1.165, 1.54) is 0 Å². The second-order valence-electron chi connectivity index (χ2n) is 5.20. The minimum atomic E-state index is 0.585. The van der Waals surface area contributed by atoms with Crippen LogP contribution in [0.5, 0.6) is 11.5 Å². The molecule has 0 amide bonds. The average molecular weight is 293 g/mol. The number of ether oxygens (including phenoxy) is 2. The summed E-state index contributed by atoms with van der Waals surface area (Å²) in [6.45, 7) is 6.02. The Morgan fingerprint density at radius 2 is 1.95 bits per heavy atom. The van der Waals surface area contributed by atoms with Crippen LogP contribution in [0, 0.1) is 5.92 Å². The van der Waals surface area contributed by atoms with E-state index in [1.807, 2.05) is 18.2 Å². The maximum Gasteiger partial charge on any atom is 0.190 e. The molecule has 5 nitrogen and oxygen atoms in total. The van der Waals surface area contributed by atoms with E-state index in [0.717, 1.165) is 42.5 Å². The first-order valence-corrected chi connectivity index (χ1v) is 7.26. The topological polar surface area (TPSA) is 54.9 Å². The van der Waals surface area contributed by atoms with Crippen molar-refractivity contribution in [3.63, 3.8) is 0 Å². The fourth-order valence-corrected chi connectivity index (χ4v) is 1.91. The largest absolute Gasteiger partial charge is 0.497 e. The zero-order chi connectivity index (χ0) is 15.7. The number of nitrogens with one attached hydrogen (secondary N) is 2. The predicted octanol–water partition coefficient (Wildman–Crippen LogP) is 2.07. The quantitative estimate of drug-likeness (QED) is 0.597. The summed E-state index contributed by atoms with van der Waals surface area (Å²) in [5, 5.41) is 6.59. The van der Waals surface area contributed by atoms with E-state index in [-0.39, 0.29) is 0 Å². The highest BCUT2D eigenvalue weighted by molar-refractivity contribution is 5.79. The Kier molecular flexibility index (Phi) is 7.43. The molecule has 118 valence electrons. The summed E-state index contributed by atoms with van der Waals surface area (Å²) in [4.78, 5) is 4.21. The molecule has 5 heteroatoms. The highest BCUT2D eigenvalue weighted by atomic mass is 16.5. The van der Waals surface area contributed by atoms with Crippen molar-refractivity contribution < 1.29 is 9.47 Å². The molecule has 1 aromatic carbocycles. The molecular weight excluding hydrogens is 266 g/mol. The van der Waals surface area contributed by atoms with Crippen molar-refractivity contribution in [2.75, 3.05) is 34.4 Å². The Labute approximate surface area is 127 Å². The van der Waals surface area contributed by atoms with Gasteiger partial charge in [-0.1, -0.05) is 13.8 Å². The fourth-order valence-electron chi connectivity index (χ4n) is 1.91. The number of hydrogen-bond donors (Lipinski definition) is 2. The highest BCUT2D eigenvalue weighted by Gasteiger charge is 2.06. The van der Waals surface area contributed by atoms with Crippen molar-refractivity contribution >= 4 is 5.96 Å². The smallest absolute Gasteiger partial charge is 0.190 e. The standard InChI is InChI=1S/C16H27N3O2/c1-12(2)11-19-16(17-3)18-9-8-13-10-14(20-4)6-7-15(13)21-5/h6-7,10,12H,8-9,11H2,1-5H3,(H2,17,18,19). The van der Waals surface area contributed by atoms with Gasteiger partial charge >= 0.3 is 0 Å². The summed E-state index contributed by atoms with van der Waals surface area (Å²) in [6.07, 6.45) is 0.836. The van der Waals surface area contributed by atoms with Gasteiger partial charge in [-0.3, -0.25) is 4.99 Å². The lowest BCUT2D eigenvalue weighted by Gasteiger charge is -2.14. The van der Waals surface area contributed by atoms with Gasteiger partial charge in [-0.05, 0) is 36.1 Å². The van der Waals surface area contributed by atoms with Crippen LogP contribution in [0.25, 0.3) is 0 Å². The molecule has 1 aromatic rings. The van der Waals surface area contributed by atoms with Crippen molar-refractivity contribution in [2.45, 2.75) is 20.3 Å². The minimum Gasteiger partial charge on any atom is -0.497 e. The highest BCUT2D eigenvalue weighted by Crippen LogP contribution is 2.23. The van der Waals surface area contributed by atoms with Gasteiger partial charge in [0.25, 0.3) is 0 Å². The van der Waals surface area contributed by atoms with Gasteiger partial charge in [-0.15, -0.1) is 0 Å². The van der Waals surface area contributed by atoms with Crippen LogP contribution in [0.3, 0.4) is 0 Å². The third kappa shape index (κ3) is 5.94. The molecule has 0 aliphatic carbocycles. The number of nitrogens with zero attached hydrogens (tertiary/aromatic N) is 1. The minimum absolute atomic E-state index is 0.585. The molecule has 0 atom stereocenters. The van der Waals surface area contributed by atoms with E-state index in [4.69, 9.17) is 9.47 Å². The van der Waals surface area contributed by atoms with Crippen LogP contribution >= 0.6 is 0 Å². The Balaban J connectivity index is 2.54. The van der Waals surface area contributed by atoms with Gasteiger partial charge in [0, 0.05) is 20.1 Å². The molecule has 0 unspecified atom stereocenters. The second-order valence-corrected chi connectivity index (χ2v) is 5.20. The van der Waals surface area contributed by atoms with E-state index in [2.05, 4.69) is 29.5 Å². The first-order valence-electron chi connectivity index (χ1n) is 7.26. The lowest BCUT2D eigenvalue weighted by atomic mass is 10.1. The Morgan fingerprint density at radius 1 is 1.19 bits per heavy atom. The van der Waals surface area contributed by atoms with Crippen LogP contribution in [0.4, 0.5) is 0 Å². The number of methoxy groups -OCH3 is 2. The number of aliphatic imine (C=N–C) groups is 1. The monoisotopic (exact) mass is 293 g/mol. The van der Waals surface area contributed by atoms with Gasteiger partial charge < -0.3 is 20.1 Å². The number of rotatable bonds is 7. The first-order chi connectivity index (χ1) is 10.1. The molecule has 0 saturated carbocycles. The third-order valence-corrected chi connectivity index (χ3v) is 3.08. The summed E-state index contributed by atoms with van der Waals surface area (Å²) in [7, 11) is 5.13. The molecule has 0 aromatic heterocycles. The van der Waals surface area contributed by atoms with Crippen LogP contribution in [-0.2, 0) is 6.42 Å². The summed E-state index contributed by atoms with van der Waals surface area (Å²) in [6, 6.07) is 5.84. The zero-order valence-electron chi connectivity index (χ0n) is 13.7. The van der Waals surface area contributed by atoms with Crippen molar-refractivity contribution in [3.05, 3.63) is 23.8 Å². The molecule has 0 bridgehead atoms. The Bertz CT molecular complexity index is 459. The Morgan fingerprint density at radius 3 is 2.52 bits per heavy atom. The molecule has 0 saturated heterocycles. The number of hydrogen-bond acceptors (Lipinski definition) is 3. The van der Waals surface area contributed by atoms with Crippen molar-refractivity contribution in [1.29, 1.82) is 0 Å². The molecule has 0 heterocycles. The predicted molar refractivity (Wildman–Crippen MR) is 87.5 cm³/mol. The van der Waals surface area contributed by atoms with Crippen molar-refractivity contribution in [1.82, 2.24) is 10.6 Å². The number of benzene rings is 1. The maximum absolute atomic E-state index is 5.38. The molecule has 21 heavy (non-hydrogen) atoms. The van der Waals surface area contributed by atoms with E-state index >= 15 is 0 Å². The van der Waals surface area contributed by atoms with E-state index in [1.54, 1.807) is 21.3 Å². The fraction of sp³-hybridized carbons (Fsp3) is 0.562. The summed E-state index contributed by atoms with van der Waals surface area (Å²) in [5.74, 6) is 3.13. The van der Waals surface area contributed by atoms with Crippen molar-refractivity contribution in [3.8, 4) is 11.5 Å². The van der Waals surface area contributed by atoms with Crippen LogP contribution in [0.1, 0.15) is 19.4 Å². The van der Waals surface area contributed by atoms with E-state index < -0.39 is 0 Å². The first kappa shape index (κ1) is 17.1. The molecule has 0 radical (unpaired) electrons. The lowest BCUT2D eigenvalue weighted by Crippen LogP contribution is -2.39. The molecular formula is C16H27N3O2. The third-order valence-electron chi connectivity index (χ3n) is 3.08. The molecule has 2 N–H and O–H groups in total. The van der Waals surface area contributed by atoms with Crippen LogP contribution < -0.4 is 20.1 Å². The van der Waals surface area contributed by atoms with Gasteiger partial charge in [0.1, 0.15) is 11.5 Å². The molecule has 0 aliphatic heterocycles. The summed E-state index contributed by atoms with van der Waals surface area (Å²) in [5.41, 5.74) is 1.11. The normalized spacial score (nSPS) is 11.4. The average Bonchev–Trinajstić information content (AvgIpc) is 2.50. The van der Waals surface area contributed by atoms with Crippen LogP contribution in [-0.4, -0.2) is 40.3 Å². The summed E-state index contributed by atoms with van der Waals surface area (Å²) < 4.78 is 10.6. The van der Waals surface area contributed by atoms with Gasteiger partial charge in [0.05, 0.1) is 14.2 Å². The molecule has 0 fully saturated rings. The van der Waals surface area contributed by atoms with Gasteiger partial charge in [-0.2, -0.15) is 0 Å². The molecule has 0 spiro atoms. The van der Waals surface area contributed by atoms with Gasteiger partial charge in [-0.25, -0.2) is 0 Å². The van der Waals surface area contributed by atoms with Gasteiger partial charge in [0.2, 0.25) is 0 Å². The van der Waals surface area contributed by atoms with Crippen molar-refractivity contribution in [2.24, 2.45) is 10.9 Å². The second kappa shape index (κ2) is 9.10. The Hall–Kier alpha value is -1.91. The molecule has 0 aliphatic rings. The van der Waals surface area contributed by atoms with Crippen LogP contribution in [0.15, 0.2) is 23.2 Å². The summed E-state index contributed by atoms with van der Waals surface area (Å²) >= 11 is 0. The van der Waals surface area contributed by atoms with Crippen LogP contribution in [0.2, 0.25) is 0 Å². The lowest BCUT2D eigenvalue weighted by molar-refractivity contribution is 0.398. The molecule has 1 rings (SSSR count). The van der Waals surface area contributed by atoms with E-state index in [0.29, 0.717) is 5.92 Å².